The molecule has 1 saturated carbocycles. The average Bonchev–Trinajstić information content (AvgIpc) is 2.95. The van der Waals surface area contributed by atoms with Crippen LogP contribution in [0.15, 0.2) is 53.0 Å². The Morgan fingerprint density at radius 2 is 1.44 bits per heavy atom. The van der Waals surface area contributed by atoms with Gasteiger partial charge in [0.1, 0.15) is 0 Å². The predicted molar refractivity (Wildman–Crippen MR) is 106 cm³/mol. The molecule has 0 unspecified atom stereocenters. The van der Waals surface area contributed by atoms with E-state index in [-0.39, 0.29) is 29.6 Å². The smallest absolute Gasteiger partial charge is 0.255 e. The van der Waals surface area contributed by atoms with Crippen molar-refractivity contribution in [3.8, 4) is 0 Å². The number of rotatable bonds is 3. The van der Waals surface area contributed by atoms with Gasteiger partial charge in [0.25, 0.3) is 5.91 Å². The van der Waals surface area contributed by atoms with Gasteiger partial charge in [0.2, 0.25) is 11.8 Å². The molecule has 5 nitrogen and oxygen atoms in total. The van der Waals surface area contributed by atoms with Gasteiger partial charge in [-0.1, -0.05) is 28.8 Å². The molecule has 0 spiro atoms. The van der Waals surface area contributed by atoms with Crippen LogP contribution in [-0.2, 0) is 9.59 Å². The van der Waals surface area contributed by atoms with Gasteiger partial charge < -0.3 is 5.32 Å². The van der Waals surface area contributed by atoms with Crippen molar-refractivity contribution in [3.63, 3.8) is 0 Å². The Hall–Kier alpha value is -2.47. The lowest BCUT2D eigenvalue weighted by Gasteiger charge is -2.19. The number of amides is 3. The second kappa shape index (κ2) is 7.27. The number of nitrogens with zero attached hydrogens (tertiary/aromatic N) is 1. The molecule has 2 atom stereocenters. The van der Waals surface area contributed by atoms with E-state index in [1.165, 1.54) is 4.90 Å². The molecule has 2 aromatic rings. The minimum atomic E-state index is -0.239. The van der Waals surface area contributed by atoms with Crippen molar-refractivity contribution >= 4 is 45.0 Å². The third kappa shape index (κ3) is 3.41. The average molecular weight is 427 g/mol. The van der Waals surface area contributed by atoms with Crippen LogP contribution >= 0.6 is 15.9 Å². The Balaban J connectivity index is 1.50. The number of anilines is 2. The first kappa shape index (κ1) is 17.9. The molecule has 6 heteroatoms. The molecule has 1 N–H and O–H groups in total. The van der Waals surface area contributed by atoms with Crippen LogP contribution in [0.3, 0.4) is 0 Å². The van der Waals surface area contributed by atoms with Crippen molar-refractivity contribution in [3.05, 3.63) is 58.6 Å². The van der Waals surface area contributed by atoms with Gasteiger partial charge in [0, 0.05) is 15.7 Å². The number of hydrogen-bond acceptors (Lipinski definition) is 3. The molecule has 27 heavy (non-hydrogen) atoms. The number of fused-ring (bicyclic) bond motifs is 1. The number of carbonyl (C=O) groups is 3. The van der Waals surface area contributed by atoms with Crippen molar-refractivity contribution < 1.29 is 14.4 Å². The summed E-state index contributed by atoms with van der Waals surface area (Å²) < 4.78 is 0.936. The highest BCUT2D eigenvalue weighted by atomic mass is 79.9. The summed E-state index contributed by atoms with van der Waals surface area (Å²) in [6.45, 7) is 0. The molecule has 0 bridgehead atoms. The van der Waals surface area contributed by atoms with Crippen LogP contribution in [-0.4, -0.2) is 17.7 Å². The normalized spacial score (nSPS) is 21.9. The van der Waals surface area contributed by atoms with E-state index in [4.69, 9.17) is 0 Å². The summed E-state index contributed by atoms with van der Waals surface area (Å²) in [6.07, 6.45) is 3.59. The van der Waals surface area contributed by atoms with Gasteiger partial charge in [-0.3, -0.25) is 19.3 Å². The molecule has 4 rings (SSSR count). The molecule has 0 radical (unpaired) electrons. The Kier molecular flexibility index (Phi) is 4.83. The van der Waals surface area contributed by atoms with Gasteiger partial charge in [-0.15, -0.1) is 0 Å². The number of hydrogen-bond donors (Lipinski definition) is 1. The highest BCUT2D eigenvalue weighted by Crippen LogP contribution is 2.40. The number of carbonyl (C=O) groups excluding carboxylic acids is 3. The first-order valence-electron chi connectivity index (χ1n) is 9.09. The highest BCUT2D eigenvalue weighted by molar-refractivity contribution is 9.10. The van der Waals surface area contributed by atoms with Gasteiger partial charge in [0.15, 0.2) is 0 Å². The Labute approximate surface area is 165 Å². The summed E-state index contributed by atoms with van der Waals surface area (Å²) in [5.74, 6) is -0.789. The fraction of sp³-hybridized carbons (Fsp3) is 0.286. The van der Waals surface area contributed by atoms with E-state index >= 15 is 0 Å². The first-order chi connectivity index (χ1) is 13.0. The molecule has 0 aromatic heterocycles. The zero-order chi connectivity index (χ0) is 19.0. The van der Waals surface area contributed by atoms with E-state index in [1.54, 1.807) is 36.4 Å². The number of benzene rings is 2. The topological polar surface area (TPSA) is 66.5 Å². The molecule has 2 aliphatic rings. The van der Waals surface area contributed by atoms with Crippen molar-refractivity contribution in [2.45, 2.75) is 25.7 Å². The van der Waals surface area contributed by atoms with E-state index < -0.39 is 0 Å². The van der Waals surface area contributed by atoms with Gasteiger partial charge in [-0.2, -0.15) is 0 Å². The SMILES string of the molecule is O=C(Nc1ccc(Br)cc1)c1ccc(N2C(=O)[C@@H]3CCCC[C@H]3C2=O)cc1. The molecule has 138 valence electrons. The van der Waals surface area contributed by atoms with Gasteiger partial charge in [0.05, 0.1) is 17.5 Å². The lowest BCUT2D eigenvalue weighted by atomic mass is 9.81. The second-order valence-electron chi connectivity index (χ2n) is 7.02. The summed E-state index contributed by atoms with van der Waals surface area (Å²) in [6, 6.07) is 13.9. The van der Waals surface area contributed by atoms with Gasteiger partial charge in [-0.25, -0.2) is 0 Å². The Morgan fingerprint density at radius 1 is 0.889 bits per heavy atom. The Bertz CT molecular complexity index is 869. The van der Waals surface area contributed by atoms with Crippen LogP contribution < -0.4 is 10.2 Å². The maximum Gasteiger partial charge on any atom is 0.255 e. The maximum absolute atomic E-state index is 12.7. The minimum absolute atomic E-state index is 0.100. The molecular formula is C21H19BrN2O3. The van der Waals surface area contributed by atoms with Crippen molar-refractivity contribution in [1.29, 1.82) is 0 Å². The monoisotopic (exact) mass is 426 g/mol. The highest BCUT2D eigenvalue weighted by Gasteiger charge is 2.48. The van der Waals surface area contributed by atoms with E-state index in [9.17, 15) is 14.4 Å². The van der Waals surface area contributed by atoms with Crippen LogP contribution in [0.1, 0.15) is 36.0 Å². The largest absolute Gasteiger partial charge is 0.322 e. The molecule has 2 fully saturated rings. The van der Waals surface area contributed by atoms with E-state index in [2.05, 4.69) is 21.2 Å². The molecule has 3 amide bonds. The van der Waals surface area contributed by atoms with Crippen LogP contribution in [0.4, 0.5) is 11.4 Å². The van der Waals surface area contributed by atoms with Crippen LogP contribution in [0.5, 0.6) is 0 Å². The summed E-state index contributed by atoms with van der Waals surface area (Å²) in [4.78, 5) is 39.0. The zero-order valence-corrected chi connectivity index (χ0v) is 16.2. The predicted octanol–water partition coefficient (Wildman–Crippen LogP) is 4.38. The molecular weight excluding hydrogens is 408 g/mol. The molecule has 1 aliphatic heterocycles. The van der Waals surface area contributed by atoms with Crippen LogP contribution in [0.25, 0.3) is 0 Å². The summed E-state index contributed by atoms with van der Waals surface area (Å²) in [7, 11) is 0. The Morgan fingerprint density at radius 3 is 2.00 bits per heavy atom. The lowest BCUT2D eigenvalue weighted by molar-refractivity contribution is -0.122. The number of nitrogens with one attached hydrogen (secondary N) is 1. The third-order valence-corrected chi connectivity index (χ3v) is 5.86. The summed E-state index contributed by atoms with van der Waals surface area (Å²) >= 11 is 3.36. The molecule has 1 aliphatic carbocycles. The van der Waals surface area contributed by atoms with E-state index in [0.29, 0.717) is 16.9 Å². The number of imide groups is 1. The molecule has 1 saturated heterocycles. The third-order valence-electron chi connectivity index (χ3n) is 5.33. The van der Waals surface area contributed by atoms with E-state index in [0.717, 1.165) is 30.2 Å². The summed E-state index contributed by atoms with van der Waals surface area (Å²) in [5.41, 5.74) is 1.71. The van der Waals surface area contributed by atoms with Gasteiger partial charge in [-0.05, 0) is 61.4 Å². The van der Waals surface area contributed by atoms with E-state index in [1.807, 2.05) is 12.1 Å². The minimum Gasteiger partial charge on any atom is -0.322 e. The standard InChI is InChI=1S/C21H19BrN2O3/c22-14-7-9-15(10-8-14)23-19(25)13-5-11-16(12-6-13)24-20(26)17-3-1-2-4-18(17)21(24)27/h5-12,17-18H,1-4H2,(H,23,25)/t17-,18-/m1/s1. The fourth-order valence-electron chi connectivity index (χ4n) is 3.92. The number of halogens is 1. The molecule has 2 aromatic carbocycles. The van der Waals surface area contributed by atoms with Crippen molar-refractivity contribution in [2.24, 2.45) is 11.8 Å². The van der Waals surface area contributed by atoms with Crippen molar-refractivity contribution in [2.75, 3.05) is 10.2 Å². The van der Waals surface area contributed by atoms with Crippen molar-refractivity contribution in [1.82, 2.24) is 0 Å². The lowest BCUT2D eigenvalue weighted by Crippen LogP contribution is -2.30. The summed E-state index contributed by atoms with van der Waals surface area (Å²) in [5, 5.41) is 2.83. The fourth-order valence-corrected chi connectivity index (χ4v) is 4.18. The first-order valence-corrected chi connectivity index (χ1v) is 9.89. The second-order valence-corrected chi connectivity index (χ2v) is 7.93. The zero-order valence-electron chi connectivity index (χ0n) is 14.7. The molecule has 1 heterocycles. The van der Waals surface area contributed by atoms with Crippen LogP contribution in [0, 0.1) is 11.8 Å². The quantitative estimate of drug-likeness (QED) is 0.740. The van der Waals surface area contributed by atoms with Gasteiger partial charge >= 0.3 is 0 Å². The maximum atomic E-state index is 12.7. The van der Waals surface area contributed by atoms with Crippen LogP contribution in [0.2, 0.25) is 0 Å².